The van der Waals surface area contributed by atoms with E-state index in [1.807, 2.05) is 31.2 Å². The van der Waals surface area contributed by atoms with Crippen molar-refractivity contribution in [1.29, 1.82) is 0 Å². The van der Waals surface area contributed by atoms with Crippen LogP contribution in [0.4, 0.5) is 11.4 Å². The molecule has 0 aliphatic rings. The lowest BCUT2D eigenvalue weighted by Gasteiger charge is -2.02. The molecule has 0 unspecified atom stereocenters. The summed E-state index contributed by atoms with van der Waals surface area (Å²) in [5.74, 6) is 0.494. The Kier molecular flexibility index (Phi) is 4.95. The summed E-state index contributed by atoms with van der Waals surface area (Å²) in [4.78, 5) is 27.7. The number of nitro groups is 1. The van der Waals surface area contributed by atoms with E-state index in [2.05, 4.69) is 10.3 Å². The first kappa shape index (κ1) is 20.2. The van der Waals surface area contributed by atoms with Gasteiger partial charge < -0.3 is 14.2 Å². The number of rotatable bonds is 5. The van der Waals surface area contributed by atoms with Gasteiger partial charge in [0.25, 0.3) is 11.6 Å². The van der Waals surface area contributed by atoms with Crippen molar-refractivity contribution < 1.29 is 18.6 Å². The van der Waals surface area contributed by atoms with Crippen molar-refractivity contribution in [2.45, 2.75) is 6.92 Å². The second kappa shape index (κ2) is 8.08. The third kappa shape index (κ3) is 4.09. The fourth-order valence-electron chi connectivity index (χ4n) is 3.49. The van der Waals surface area contributed by atoms with Crippen LogP contribution in [0.3, 0.4) is 0 Å². The molecule has 0 radical (unpaired) electrons. The Morgan fingerprint density at radius 1 is 0.939 bits per heavy atom. The van der Waals surface area contributed by atoms with Crippen molar-refractivity contribution in [3.63, 3.8) is 0 Å². The lowest BCUT2D eigenvalue weighted by atomic mass is 10.1. The van der Waals surface area contributed by atoms with E-state index in [4.69, 9.17) is 8.83 Å². The number of fused-ring (bicyclic) bond motifs is 1. The number of furan rings is 1. The zero-order valence-electron chi connectivity index (χ0n) is 17.4. The van der Waals surface area contributed by atoms with Crippen LogP contribution in [0.2, 0.25) is 0 Å². The minimum Gasteiger partial charge on any atom is -0.451 e. The highest BCUT2D eigenvalue weighted by Gasteiger charge is 2.16. The maximum Gasteiger partial charge on any atom is 0.291 e. The van der Waals surface area contributed by atoms with E-state index in [-0.39, 0.29) is 11.4 Å². The predicted octanol–water partition coefficient (Wildman–Crippen LogP) is 6.22. The minimum absolute atomic E-state index is 0.0548. The lowest BCUT2D eigenvalue weighted by Crippen LogP contribution is -2.10. The predicted molar refractivity (Wildman–Crippen MR) is 123 cm³/mol. The number of nitrogens with zero attached hydrogens (tertiary/aromatic N) is 2. The monoisotopic (exact) mass is 439 g/mol. The van der Waals surface area contributed by atoms with Gasteiger partial charge in [0, 0.05) is 28.9 Å². The molecular weight excluding hydrogens is 422 g/mol. The first-order valence-electron chi connectivity index (χ1n) is 10.1. The van der Waals surface area contributed by atoms with E-state index in [0.717, 1.165) is 11.1 Å². The number of anilines is 1. The van der Waals surface area contributed by atoms with Crippen LogP contribution in [0.25, 0.3) is 33.9 Å². The van der Waals surface area contributed by atoms with Crippen LogP contribution in [0.1, 0.15) is 16.1 Å². The molecule has 2 heterocycles. The van der Waals surface area contributed by atoms with E-state index in [9.17, 15) is 14.9 Å². The average molecular weight is 439 g/mol. The Hall–Kier alpha value is -4.72. The molecule has 5 aromatic rings. The molecule has 1 N–H and O–H groups in total. The van der Waals surface area contributed by atoms with Gasteiger partial charge in [-0.15, -0.1) is 0 Å². The van der Waals surface area contributed by atoms with Crippen LogP contribution in [0.15, 0.2) is 87.7 Å². The lowest BCUT2D eigenvalue weighted by molar-refractivity contribution is -0.384. The number of aromatic nitrogens is 1. The second-order valence-corrected chi connectivity index (χ2v) is 7.50. The maximum absolute atomic E-state index is 12.7. The van der Waals surface area contributed by atoms with Gasteiger partial charge in [-0.05, 0) is 49.4 Å². The third-order valence-corrected chi connectivity index (χ3v) is 5.08. The number of hydrogen-bond donors (Lipinski definition) is 1. The minimum atomic E-state index is -0.482. The number of benzene rings is 3. The number of nitrogens with one attached hydrogen (secondary N) is 1. The summed E-state index contributed by atoms with van der Waals surface area (Å²) in [6.45, 7) is 2.00. The molecule has 0 aliphatic heterocycles. The average Bonchev–Trinajstić information content (AvgIpc) is 3.46. The molecule has 0 atom stereocenters. The summed E-state index contributed by atoms with van der Waals surface area (Å²) in [5, 5.41) is 13.8. The van der Waals surface area contributed by atoms with Gasteiger partial charge in [-0.2, -0.15) is 0 Å². The zero-order chi connectivity index (χ0) is 22.9. The third-order valence-electron chi connectivity index (χ3n) is 5.08. The zero-order valence-corrected chi connectivity index (χ0v) is 17.4. The number of amides is 1. The molecule has 0 aliphatic carbocycles. The molecule has 2 aromatic heterocycles. The molecular formula is C25H17N3O5. The van der Waals surface area contributed by atoms with Crippen molar-refractivity contribution in [2.24, 2.45) is 0 Å². The molecule has 33 heavy (non-hydrogen) atoms. The first-order valence-corrected chi connectivity index (χ1v) is 10.1. The fraction of sp³-hybridized carbons (Fsp3) is 0.0400. The van der Waals surface area contributed by atoms with E-state index in [1.165, 1.54) is 18.2 Å². The Balaban J connectivity index is 1.36. The van der Waals surface area contributed by atoms with Gasteiger partial charge in [-0.3, -0.25) is 14.9 Å². The fourth-order valence-corrected chi connectivity index (χ4v) is 3.49. The molecule has 162 valence electrons. The summed E-state index contributed by atoms with van der Waals surface area (Å²) in [6, 6.07) is 22.2. The summed E-state index contributed by atoms with van der Waals surface area (Å²) in [5.41, 5.74) is 4.19. The van der Waals surface area contributed by atoms with E-state index in [1.54, 1.807) is 36.4 Å². The van der Waals surface area contributed by atoms with Crippen molar-refractivity contribution in [3.05, 3.63) is 100 Å². The van der Waals surface area contributed by atoms with Crippen molar-refractivity contribution in [1.82, 2.24) is 4.98 Å². The molecule has 0 fully saturated rings. The summed E-state index contributed by atoms with van der Waals surface area (Å²) in [6.07, 6.45) is 0. The van der Waals surface area contributed by atoms with Crippen molar-refractivity contribution in [2.75, 3.05) is 5.32 Å². The van der Waals surface area contributed by atoms with Gasteiger partial charge in [-0.1, -0.05) is 29.8 Å². The van der Waals surface area contributed by atoms with Gasteiger partial charge in [0.1, 0.15) is 11.3 Å². The van der Waals surface area contributed by atoms with Crippen LogP contribution in [0, 0.1) is 17.0 Å². The topological polar surface area (TPSA) is 111 Å². The Labute approximate surface area is 187 Å². The molecule has 1 amide bonds. The SMILES string of the molecule is Cc1cccc(-c2nc3cc(NC(=O)c4ccc(-c5cccc([N+](=O)[O-])c5)o4)ccc3o2)c1. The van der Waals surface area contributed by atoms with E-state index < -0.39 is 10.8 Å². The summed E-state index contributed by atoms with van der Waals surface area (Å²) < 4.78 is 11.5. The first-order chi connectivity index (χ1) is 16.0. The van der Waals surface area contributed by atoms with Gasteiger partial charge in [0.05, 0.1) is 4.92 Å². The Morgan fingerprint density at radius 2 is 1.76 bits per heavy atom. The standard InChI is InChI=1S/C25H17N3O5/c1-15-4-2-6-17(12-15)25-27-20-14-18(8-9-22(20)33-25)26-24(29)23-11-10-21(32-23)16-5-3-7-19(13-16)28(30)31/h2-14H,1H3,(H,26,29). The highest BCUT2D eigenvalue weighted by molar-refractivity contribution is 6.03. The normalized spacial score (nSPS) is 10.9. The Morgan fingerprint density at radius 3 is 2.58 bits per heavy atom. The maximum atomic E-state index is 12.7. The number of nitro benzene ring substituents is 1. The van der Waals surface area contributed by atoms with Gasteiger partial charge in [0.15, 0.2) is 11.3 Å². The van der Waals surface area contributed by atoms with Gasteiger partial charge in [-0.25, -0.2) is 4.98 Å². The molecule has 0 bridgehead atoms. The number of oxazole rings is 1. The highest BCUT2D eigenvalue weighted by atomic mass is 16.6. The smallest absolute Gasteiger partial charge is 0.291 e. The highest BCUT2D eigenvalue weighted by Crippen LogP contribution is 2.28. The van der Waals surface area contributed by atoms with Crippen LogP contribution in [-0.4, -0.2) is 15.8 Å². The van der Waals surface area contributed by atoms with Crippen LogP contribution >= 0.6 is 0 Å². The van der Waals surface area contributed by atoms with Crippen LogP contribution in [0.5, 0.6) is 0 Å². The Bertz CT molecular complexity index is 1520. The molecule has 5 rings (SSSR count). The molecule has 3 aromatic carbocycles. The van der Waals surface area contributed by atoms with Crippen molar-refractivity contribution in [3.8, 4) is 22.8 Å². The van der Waals surface area contributed by atoms with E-state index >= 15 is 0 Å². The number of aryl methyl sites for hydroxylation is 1. The molecule has 8 nitrogen and oxygen atoms in total. The molecule has 8 heteroatoms. The van der Waals surface area contributed by atoms with Gasteiger partial charge in [0.2, 0.25) is 5.89 Å². The summed E-state index contributed by atoms with van der Waals surface area (Å²) in [7, 11) is 0. The largest absolute Gasteiger partial charge is 0.451 e. The number of non-ortho nitro benzene ring substituents is 1. The second-order valence-electron chi connectivity index (χ2n) is 7.50. The summed E-state index contributed by atoms with van der Waals surface area (Å²) >= 11 is 0. The van der Waals surface area contributed by atoms with Crippen LogP contribution in [-0.2, 0) is 0 Å². The van der Waals surface area contributed by atoms with E-state index in [0.29, 0.717) is 34.0 Å². The molecule has 0 saturated heterocycles. The molecule has 0 saturated carbocycles. The number of hydrogen-bond acceptors (Lipinski definition) is 6. The quantitative estimate of drug-likeness (QED) is 0.257. The van der Waals surface area contributed by atoms with Crippen molar-refractivity contribution >= 4 is 28.4 Å². The molecule has 0 spiro atoms. The van der Waals surface area contributed by atoms with Gasteiger partial charge >= 0.3 is 0 Å². The van der Waals surface area contributed by atoms with Crippen LogP contribution < -0.4 is 5.32 Å². The number of carbonyl (C=O) groups excluding carboxylic acids is 1. The number of carbonyl (C=O) groups is 1.